The molecule has 8 heteroatoms. The van der Waals surface area contributed by atoms with E-state index in [1.54, 1.807) is 6.07 Å². The van der Waals surface area contributed by atoms with E-state index in [0.29, 0.717) is 11.6 Å². The van der Waals surface area contributed by atoms with E-state index in [9.17, 15) is 4.79 Å². The van der Waals surface area contributed by atoms with Crippen LogP contribution >= 0.6 is 0 Å². The lowest BCUT2D eigenvalue weighted by molar-refractivity contribution is 0.0897. The van der Waals surface area contributed by atoms with Crippen LogP contribution in [-0.2, 0) is 6.61 Å². The summed E-state index contributed by atoms with van der Waals surface area (Å²) >= 11 is 0. The number of aromatic nitrogens is 4. The number of carbonyl (C=O) groups excluding carboxylic acids is 1. The number of hydrogen-bond donors (Lipinski definition) is 3. The molecule has 0 spiro atoms. The lowest BCUT2D eigenvalue weighted by atomic mass is 9.80. The largest absolute Gasteiger partial charge is 0.422 e. The van der Waals surface area contributed by atoms with Crippen LogP contribution in [0, 0.1) is 0 Å². The Balaban J connectivity index is 1.34. The monoisotopic (exact) mass is 339 g/mol. The van der Waals surface area contributed by atoms with Crippen LogP contribution in [0.15, 0.2) is 40.8 Å². The topological polar surface area (TPSA) is 117 Å². The smallest absolute Gasteiger partial charge is 0.269 e. The van der Waals surface area contributed by atoms with Crippen molar-refractivity contribution in [2.75, 3.05) is 0 Å². The Kier molecular flexibility index (Phi) is 4.02. The molecule has 4 rings (SSSR count). The molecular formula is C17H17N5O3. The van der Waals surface area contributed by atoms with Gasteiger partial charge in [0.2, 0.25) is 11.8 Å². The number of carbonyl (C=O) groups is 1. The van der Waals surface area contributed by atoms with Crippen molar-refractivity contribution in [1.29, 1.82) is 0 Å². The van der Waals surface area contributed by atoms with Gasteiger partial charge in [-0.1, -0.05) is 30.3 Å². The van der Waals surface area contributed by atoms with Crippen LogP contribution < -0.4 is 5.32 Å². The van der Waals surface area contributed by atoms with E-state index < -0.39 is 0 Å². The number of nitrogens with zero attached hydrogens (tertiary/aromatic N) is 3. The molecule has 0 aliphatic heterocycles. The number of hydrogen-bond acceptors (Lipinski definition) is 6. The third-order valence-electron chi connectivity index (χ3n) is 4.33. The summed E-state index contributed by atoms with van der Waals surface area (Å²) in [5, 5.41) is 26.5. The molecule has 0 saturated heterocycles. The maximum absolute atomic E-state index is 12.3. The number of aliphatic hydroxyl groups is 1. The molecule has 3 aromatic rings. The normalized spacial score (nSPS) is 19.4. The summed E-state index contributed by atoms with van der Waals surface area (Å²) in [7, 11) is 0. The van der Waals surface area contributed by atoms with E-state index in [1.165, 1.54) is 0 Å². The van der Waals surface area contributed by atoms with Gasteiger partial charge in [-0.05, 0) is 18.9 Å². The van der Waals surface area contributed by atoms with E-state index in [-0.39, 0.29) is 30.4 Å². The zero-order chi connectivity index (χ0) is 17.2. The van der Waals surface area contributed by atoms with Gasteiger partial charge in [0.1, 0.15) is 12.3 Å². The first-order valence-corrected chi connectivity index (χ1v) is 8.07. The van der Waals surface area contributed by atoms with Gasteiger partial charge in [0.25, 0.3) is 5.91 Å². The zero-order valence-corrected chi connectivity index (χ0v) is 13.3. The molecule has 0 unspecified atom stereocenters. The van der Waals surface area contributed by atoms with Crippen molar-refractivity contribution in [2.45, 2.75) is 31.4 Å². The highest BCUT2D eigenvalue weighted by atomic mass is 16.4. The number of aliphatic hydroxyl groups excluding tert-OH is 1. The maximum atomic E-state index is 12.3. The minimum Gasteiger partial charge on any atom is -0.422 e. The molecule has 0 bridgehead atoms. The van der Waals surface area contributed by atoms with Crippen LogP contribution in [0.2, 0.25) is 0 Å². The Bertz CT molecular complexity index is 867. The first kappa shape index (κ1) is 15.5. The van der Waals surface area contributed by atoms with Crippen molar-refractivity contribution in [2.24, 2.45) is 0 Å². The average Bonchev–Trinajstić information content (AvgIpc) is 3.27. The number of rotatable bonds is 5. The van der Waals surface area contributed by atoms with Crippen LogP contribution in [0.1, 0.15) is 41.0 Å². The minimum atomic E-state index is -0.260. The van der Waals surface area contributed by atoms with Crippen molar-refractivity contribution in [3.8, 4) is 11.3 Å². The van der Waals surface area contributed by atoms with Crippen molar-refractivity contribution in [1.82, 2.24) is 25.7 Å². The molecule has 1 aliphatic carbocycles. The van der Waals surface area contributed by atoms with Gasteiger partial charge in [0, 0.05) is 17.5 Å². The summed E-state index contributed by atoms with van der Waals surface area (Å²) in [4.78, 5) is 12.3. The third-order valence-corrected chi connectivity index (χ3v) is 4.33. The summed E-state index contributed by atoms with van der Waals surface area (Å²) in [5.74, 6) is 0.676. The summed E-state index contributed by atoms with van der Waals surface area (Å²) in [6.45, 7) is -0.260. The highest BCUT2D eigenvalue weighted by molar-refractivity contribution is 5.93. The molecule has 8 nitrogen and oxygen atoms in total. The van der Waals surface area contributed by atoms with E-state index in [1.807, 2.05) is 30.3 Å². The maximum Gasteiger partial charge on any atom is 0.269 e. The second kappa shape index (κ2) is 6.48. The van der Waals surface area contributed by atoms with E-state index in [4.69, 9.17) is 9.52 Å². The second-order valence-corrected chi connectivity index (χ2v) is 6.06. The number of amides is 1. The lowest BCUT2D eigenvalue weighted by Gasteiger charge is -2.33. The number of benzene rings is 1. The van der Waals surface area contributed by atoms with Crippen molar-refractivity contribution in [3.05, 3.63) is 53.9 Å². The number of aromatic amines is 1. The van der Waals surface area contributed by atoms with Crippen LogP contribution in [0.25, 0.3) is 11.3 Å². The molecule has 25 heavy (non-hydrogen) atoms. The Morgan fingerprint density at radius 2 is 2.08 bits per heavy atom. The summed E-state index contributed by atoms with van der Waals surface area (Å²) < 4.78 is 5.33. The summed E-state index contributed by atoms with van der Waals surface area (Å²) in [5.41, 5.74) is 2.12. The van der Waals surface area contributed by atoms with Crippen molar-refractivity contribution in [3.63, 3.8) is 0 Å². The highest BCUT2D eigenvalue weighted by Crippen LogP contribution is 2.36. The van der Waals surface area contributed by atoms with Crippen molar-refractivity contribution >= 4 is 5.91 Å². The van der Waals surface area contributed by atoms with Gasteiger partial charge < -0.3 is 14.8 Å². The summed E-state index contributed by atoms with van der Waals surface area (Å²) in [6.07, 6.45) is 1.47. The molecule has 1 amide bonds. The van der Waals surface area contributed by atoms with Gasteiger partial charge in [-0.3, -0.25) is 9.89 Å². The zero-order valence-electron chi connectivity index (χ0n) is 13.3. The van der Waals surface area contributed by atoms with E-state index >= 15 is 0 Å². The van der Waals surface area contributed by atoms with Gasteiger partial charge in [-0.2, -0.15) is 5.10 Å². The van der Waals surface area contributed by atoms with E-state index in [2.05, 4.69) is 25.7 Å². The van der Waals surface area contributed by atoms with Gasteiger partial charge in [-0.25, -0.2) is 0 Å². The SMILES string of the molecule is O=C(NC1CC(c2nnc(CO)o2)C1)c1cc(-c2ccccc2)n[nH]1. The molecule has 3 N–H and O–H groups in total. The van der Waals surface area contributed by atoms with Crippen LogP contribution in [-0.4, -0.2) is 37.5 Å². The molecular weight excluding hydrogens is 322 g/mol. The van der Waals surface area contributed by atoms with Gasteiger partial charge in [-0.15, -0.1) is 10.2 Å². The van der Waals surface area contributed by atoms with Crippen LogP contribution in [0.4, 0.5) is 0 Å². The molecule has 128 valence electrons. The quantitative estimate of drug-likeness (QED) is 0.650. The molecule has 1 fully saturated rings. The molecule has 0 atom stereocenters. The molecule has 1 aliphatic rings. The standard InChI is InChI=1S/C17H17N5O3/c23-9-15-21-22-17(25-15)11-6-12(7-11)18-16(24)14-8-13(19-20-14)10-4-2-1-3-5-10/h1-5,8,11-12,23H,6-7,9H2,(H,18,24)(H,19,20). The van der Waals surface area contributed by atoms with E-state index in [0.717, 1.165) is 24.1 Å². The fourth-order valence-corrected chi connectivity index (χ4v) is 2.89. The lowest BCUT2D eigenvalue weighted by Crippen LogP contribution is -2.43. The molecule has 0 radical (unpaired) electrons. The molecule has 2 aromatic heterocycles. The summed E-state index contributed by atoms with van der Waals surface area (Å²) in [6, 6.07) is 11.5. The molecule has 1 aromatic carbocycles. The molecule has 2 heterocycles. The average molecular weight is 339 g/mol. The Labute approximate surface area is 143 Å². The van der Waals surface area contributed by atoms with Gasteiger partial charge in [0.05, 0.1) is 5.69 Å². The van der Waals surface area contributed by atoms with Gasteiger partial charge in [0.15, 0.2) is 0 Å². The number of nitrogens with one attached hydrogen (secondary N) is 2. The molecule has 1 saturated carbocycles. The number of H-pyrrole nitrogens is 1. The predicted octanol–water partition coefficient (Wildman–Crippen LogP) is 1.63. The fraction of sp³-hybridized carbons (Fsp3) is 0.294. The minimum absolute atomic E-state index is 0.0606. The third kappa shape index (κ3) is 3.16. The Hall–Kier alpha value is -3.00. The second-order valence-electron chi connectivity index (χ2n) is 6.06. The first-order chi connectivity index (χ1) is 12.2. The Morgan fingerprint density at radius 3 is 2.80 bits per heavy atom. The van der Waals surface area contributed by atoms with Crippen LogP contribution in [0.3, 0.4) is 0 Å². The first-order valence-electron chi connectivity index (χ1n) is 8.07. The van der Waals surface area contributed by atoms with Crippen LogP contribution in [0.5, 0.6) is 0 Å². The van der Waals surface area contributed by atoms with Crippen molar-refractivity contribution < 1.29 is 14.3 Å². The fourth-order valence-electron chi connectivity index (χ4n) is 2.89. The predicted molar refractivity (Wildman–Crippen MR) is 87.5 cm³/mol. The van der Waals surface area contributed by atoms with Gasteiger partial charge >= 0.3 is 0 Å². The highest BCUT2D eigenvalue weighted by Gasteiger charge is 2.35. The Morgan fingerprint density at radius 1 is 1.28 bits per heavy atom.